The Bertz CT molecular complexity index is 446. The Morgan fingerprint density at radius 1 is 1.24 bits per heavy atom. The minimum Gasteiger partial charge on any atom is -0.493 e. The minimum absolute atomic E-state index is 0.0214. The van der Waals surface area contributed by atoms with Crippen molar-refractivity contribution in [3.8, 4) is 11.5 Å². The van der Waals surface area contributed by atoms with Gasteiger partial charge in [0, 0.05) is 0 Å². The number of hydrogen-bond acceptors (Lipinski definition) is 3. The molecule has 0 aliphatic carbocycles. The molecule has 0 aliphatic rings. The Morgan fingerprint density at radius 2 is 2.00 bits per heavy atom. The van der Waals surface area contributed by atoms with Gasteiger partial charge in [-0.3, -0.25) is 4.79 Å². The van der Waals surface area contributed by atoms with E-state index in [2.05, 4.69) is 6.92 Å². The summed E-state index contributed by atoms with van der Waals surface area (Å²) in [5.74, 6) is 1.41. The number of carbonyl (C=O) groups is 1. The number of halogens is 1. The molecular weight excluding hydrogens is 288 g/mol. The van der Waals surface area contributed by atoms with Gasteiger partial charge in [-0.15, -0.1) is 11.6 Å². The highest BCUT2D eigenvalue weighted by Gasteiger charge is 2.13. The molecule has 0 aromatic heterocycles. The van der Waals surface area contributed by atoms with E-state index < -0.39 is 5.38 Å². The summed E-state index contributed by atoms with van der Waals surface area (Å²) in [4.78, 5) is 11.2. The van der Waals surface area contributed by atoms with Crippen molar-refractivity contribution in [2.45, 2.75) is 51.3 Å². The highest BCUT2D eigenvalue weighted by molar-refractivity contribution is 6.30. The van der Waals surface area contributed by atoms with E-state index in [0.717, 1.165) is 17.7 Å². The minimum atomic E-state index is -0.490. The highest BCUT2D eigenvalue weighted by Crippen LogP contribution is 2.29. The Balaban J connectivity index is 2.59. The van der Waals surface area contributed by atoms with Gasteiger partial charge in [-0.25, -0.2) is 0 Å². The van der Waals surface area contributed by atoms with Gasteiger partial charge >= 0.3 is 0 Å². The fraction of sp³-hybridized carbons (Fsp3) is 0.588. The Kier molecular flexibility index (Phi) is 8.21. The van der Waals surface area contributed by atoms with Crippen LogP contribution in [0, 0.1) is 0 Å². The molecule has 0 saturated carbocycles. The van der Waals surface area contributed by atoms with Crippen LogP contribution in [-0.4, -0.2) is 24.9 Å². The van der Waals surface area contributed by atoms with E-state index in [1.807, 2.05) is 18.2 Å². The van der Waals surface area contributed by atoms with Crippen LogP contribution < -0.4 is 9.47 Å². The molecule has 1 aromatic carbocycles. The number of alkyl halides is 1. The van der Waals surface area contributed by atoms with Crippen LogP contribution in [-0.2, 0) is 11.2 Å². The molecule has 0 radical (unpaired) electrons. The number of ether oxygens (including phenoxy) is 2. The summed E-state index contributed by atoms with van der Waals surface area (Å²) in [5, 5.41) is -0.490. The zero-order valence-electron chi connectivity index (χ0n) is 13.2. The van der Waals surface area contributed by atoms with Crippen LogP contribution in [0.3, 0.4) is 0 Å². The average molecular weight is 313 g/mol. The molecule has 0 bridgehead atoms. The lowest BCUT2D eigenvalue weighted by atomic mass is 10.1. The predicted octanol–water partition coefficient (Wildman–Crippen LogP) is 4.39. The number of hydrogen-bond donors (Lipinski definition) is 0. The molecular formula is C17H25ClO3. The third-order valence-corrected chi connectivity index (χ3v) is 3.80. The van der Waals surface area contributed by atoms with Gasteiger partial charge in [0.15, 0.2) is 11.5 Å². The van der Waals surface area contributed by atoms with E-state index in [4.69, 9.17) is 21.1 Å². The molecule has 0 aliphatic heterocycles. The van der Waals surface area contributed by atoms with E-state index in [1.165, 1.54) is 26.2 Å². The van der Waals surface area contributed by atoms with Gasteiger partial charge in [-0.2, -0.15) is 0 Å². The Morgan fingerprint density at radius 3 is 2.62 bits per heavy atom. The van der Waals surface area contributed by atoms with E-state index in [0.29, 0.717) is 18.8 Å². The van der Waals surface area contributed by atoms with Gasteiger partial charge in [0.1, 0.15) is 5.78 Å². The van der Waals surface area contributed by atoms with Gasteiger partial charge in [0.2, 0.25) is 0 Å². The zero-order chi connectivity index (χ0) is 15.7. The first-order chi connectivity index (χ1) is 10.1. The van der Waals surface area contributed by atoms with Crippen LogP contribution in [0.2, 0.25) is 0 Å². The molecule has 1 rings (SSSR count). The number of methoxy groups -OCH3 is 1. The van der Waals surface area contributed by atoms with Gasteiger partial charge in [-0.05, 0) is 37.5 Å². The Labute approximate surface area is 132 Å². The molecule has 0 spiro atoms. The summed E-state index contributed by atoms with van der Waals surface area (Å²) in [6, 6.07) is 5.71. The van der Waals surface area contributed by atoms with Crippen molar-refractivity contribution in [1.82, 2.24) is 0 Å². The summed E-state index contributed by atoms with van der Waals surface area (Å²) >= 11 is 6.00. The first-order valence-corrected chi connectivity index (χ1v) is 7.96. The van der Waals surface area contributed by atoms with Crippen molar-refractivity contribution in [3.63, 3.8) is 0 Å². The third-order valence-electron chi connectivity index (χ3n) is 3.34. The number of unbranched alkanes of at least 4 members (excludes halogenated alkanes) is 3. The lowest BCUT2D eigenvalue weighted by molar-refractivity contribution is -0.116. The van der Waals surface area contributed by atoms with Gasteiger partial charge < -0.3 is 9.47 Å². The zero-order valence-corrected chi connectivity index (χ0v) is 13.9. The number of Topliss-reactive ketones (excluding diaryl/α,β-unsaturated/α-hetero) is 1. The SMILES string of the molecule is CCCCCCOc1ccc(CC(Cl)C(C)=O)cc1OC. The van der Waals surface area contributed by atoms with Crippen molar-refractivity contribution in [3.05, 3.63) is 23.8 Å². The van der Waals surface area contributed by atoms with Crippen LogP contribution >= 0.6 is 11.6 Å². The summed E-state index contributed by atoms with van der Waals surface area (Å²) in [7, 11) is 1.62. The molecule has 1 aromatic rings. The summed E-state index contributed by atoms with van der Waals surface area (Å²) in [5.41, 5.74) is 0.973. The van der Waals surface area contributed by atoms with Crippen LogP contribution in [0.15, 0.2) is 18.2 Å². The quantitative estimate of drug-likeness (QED) is 0.474. The monoisotopic (exact) mass is 312 g/mol. The van der Waals surface area contributed by atoms with Crippen LogP contribution in [0.25, 0.3) is 0 Å². The Hall–Kier alpha value is -1.22. The molecule has 1 unspecified atom stereocenters. The van der Waals surface area contributed by atoms with Crippen LogP contribution in [0.1, 0.15) is 45.1 Å². The molecule has 0 saturated heterocycles. The number of benzene rings is 1. The van der Waals surface area contributed by atoms with Crippen molar-refractivity contribution < 1.29 is 14.3 Å². The number of ketones is 1. The lowest BCUT2D eigenvalue weighted by Gasteiger charge is -2.13. The average Bonchev–Trinajstić information content (AvgIpc) is 2.47. The molecule has 118 valence electrons. The van der Waals surface area contributed by atoms with Crippen LogP contribution in [0.4, 0.5) is 0 Å². The highest BCUT2D eigenvalue weighted by atomic mass is 35.5. The summed E-state index contributed by atoms with van der Waals surface area (Å²) in [6.07, 6.45) is 5.19. The standard InChI is InChI=1S/C17H25ClO3/c1-4-5-6-7-10-21-16-9-8-14(12-17(16)20-3)11-15(18)13(2)19/h8-9,12,15H,4-7,10-11H2,1-3H3. The first-order valence-electron chi connectivity index (χ1n) is 7.52. The molecule has 0 N–H and O–H groups in total. The lowest BCUT2D eigenvalue weighted by Crippen LogP contribution is -2.13. The maximum atomic E-state index is 11.2. The van der Waals surface area contributed by atoms with E-state index in [-0.39, 0.29) is 5.78 Å². The topological polar surface area (TPSA) is 35.5 Å². The molecule has 4 heteroatoms. The fourth-order valence-electron chi connectivity index (χ4n) is 2.02. The summed E-state index contributed by atoms with van der Waals surface area (Å²) in [6.45, 7) is 4.39. The van der Waals surface area contributed by atoms with E-state index in [1.54, 1.807) is 7.11 Å². The fourth-order valence-corrected chi connectivity index (χ4v) is 2.20. The number of rotatable bonds is 10. The van der Waals surface area contributed by atoms with Gasteiger partial charge in [0.25, 0.3) is 0 Å². The van der Waals surface area contributed by atoms with E-state index >= 15 is 0 Å². The molecule has 1 atom stereocenters. The van der Waals surface area contributed by atoms with Crippen LogP contribution in [0.5, 0.6) is 11.5 Å². The second-order valence-electron chi connectivity index (χ2n) is 5.18. The molecule has 3 nitrogen and oxygen atoms in total. The maximum Gasteiger partial charge on any atom is 0.161 e. The van der Waals surface area contributed by atoms with Gasteiger partial charge in [0.05, 0.1) is 19.1 Å². The largest absolute Gasteiger partial charge is 0.493 e. The second-order valence-corrected chi connectivity index (χ2v) is 5.70. The van der Waals surface area contributed by atoms with Crippen molar-refractivity contribution >= 4 is 17.4 Å². The van der Waals surface area contributed by atoms with Crippen molar-refractivity contribution in [1.29, 1.82) is 0 Å². The smallest absolute Gasteiger partial charge is 0.161 e. The first kappa shape index (κ1) is 17.8. The van der Waals surface area contributed by atoms with Crippen molar-refractivity contribution in [2.24, 2.45) is 0 Å². The normalized spacial score (nSPS) is 12.0. The second kappa shape index (κ2) is 9.67. The molecule has 0 fully saturated rings. The third kappa shape index (κ3) is 6.38. The molecule has 21 heavy (non-hydrogen) atoms. The van der Waals surface area contributed by atoms with Crippen molar-refractivity contribution in [2.75, 3.05) is 13.7 Å². The van der Waals surface area contributed by atoms with Gasteiger partial charge in [-0.1, -0.05) is 32.3 Å². The molecule has 0 heterocycles. The molecule has 0 amide bonds. The number of carbonyl (C=O) groups excluding carboxylic acids is 1. The van der Waals surface area contributed by atoms with E-state index in [9.17, 15) is 4.79 Å². The maximum absolute atomic E-state index is 11.2. The summed E-state index contributed by atoms with van der Waals surface area (Å²) < 4.78 is 11.1. The predicted molar refractivity (Wildman–Crippen MR) is 86.7 cm³/mol.